The molecule has 2 N–H and O–H groups in total. The van der Waals surface area contributed by atoms with Gasteiger partial charge in [0.25, 0.3) is 0 Å². The largest absolute Gasteiger partial charge is 0.356 e. The predicted molar refractivity (Wildman–Crippen MR) is 135 cm³/mol. The van der Waals surface area contributed by atoms with Crippen molar-refractivity contribution in [1.29, 1.82) is 0 Å². The highest BCUT2D eigenvalue weighted by Gasteiger charge is 2.15. The lowest BCUT2D eigenvalue weighted by Gasteiger charge is -2.34. The van der Waals surface area contributed by atoms with Crippen molar-refractivity contribution >= 4 is 29.9 Å². The minimum atomic E-state index is 0. The van der Waals surface area contributed by atoms with Crippen molar-refractivity contribution in [3.05, 3.63) is 35.9 Å². The second-order valence-corrected chi connectivity index (χ2v) is 7.74. The fourth-order valence-corrected chi connectivity index (χ4v) is 3.53. The van der Waals surface area contributed by atoms with Gasteiger partial charge in [-0.2, -0.15) is 0 Å². The molecule has 1 unspecified atom stereocenters. The maximum atomic E-state index is 4.36. The first kappa shape index (κ1) is 26.1. The molecule has 0 bridgehead atoms. The molecule has 1 aliphatic heterocycles. The van der Waals surface area contributed by atoms with Gasteiger partial charge in [0.2, 0.25) is 0 Å². The molecule has 1 saturated heterocycles. The Morgan fingerprint density at radius 2 is 1.69 bits per heavy atom. The fourth-order valence-electron chi connectivity index (χ4n) is 3.53. The van der Waals surface area contributed by atoms with Crippen LogP contribution in [-0.2, 0) is 6.54 Å². The summed E-state index contributed by atoms with van der Waals surface area (Å²) in [6.45, 7) is 14.4. The van der Waals surface area contributed by atoms with E-state index in [1.54, 1.807) is 0 Å². The molecule has 0 amide bonds. The second kappa shape index (κ2) is 15.0. The number of nitrogens with one attached hydrogen (secondary N) is 2. The molecule has 1 heterocycles. The lowest BCUT2D eigenvalue weighted by atomic mass is 10.1. The van der Waals surface area contributed by atoms with E-state index in [4.69, 9.17) is 0 Å². The third kappa shape index (κ3) is 10.1. The molecule has 2 rings (SSSR count). The Balaban J connectivity index is 0.00000420. The van der Waals surface area contributed by atoms with Crippen molar-refractivity contribution in [1.82, 2.24) is 25.3 Å². The predicted octanol–water partition coefficient (Wildman–Crippen LogP) is 2.32. The zero-order valence-electron chi connectivity index (χ0n) is 18.7. The first-order chi connectivity index (χ1) is 13.6. The Labute approximate surface area is 195 Å². The molecule has 1 fully saturated rings. The maximum absolute atomic E-state index is 4.36. The van der Waals surface area contributed by atoms with Crippen LogP contribution in [0.2, 0.25) is 0 Å². The molecule has 0 spiro atoms. The highest BCUT2D eigenvalue weighted by atomic mass is 127. The van der Waals surface area contributed by atoms with Crippen LogP contribution < -0.4 is 10.6 Å². The fraction of sp³-hybridized carbons (Fsp3) is 0.682. The first-order valence-electron chi connectivity index (χ1n) is 10.8. The van der Waals surface area contributed by atoms with Crippen LogP contribution in [0.25, 0.3) is 0 Å². The highest BCUT2D eigenvalue weighted by Crippen LogP contribution is 2.07. The van der Waals surface area contributed by atoms with Gasteiger partial charge in [-0.3, -0.25) is 14.8 Å². The minimum Gasteiger partial charge on any atom is -0.356 e. The second-order valence-electron chi connectivity index (χ2n) is 7.74. The van der Waals surface area contributed by atoms with Crippen LogP contribution in [0, 0.1) is 0 Å². The van der Waals surface area contributed by atoms with Crippen molar-refractivity contribution in [2.24, 2.45) is 4.99 Å². The van der Waals surface area contributed by atoms with Crippen LogP contribution in [0.3, 0.4) is 0 Å². The third-order valence-corrected chi connectivity index (χ3v) is 5.74. The Bertz CT molecular complexity index is 560. The SMILES string of the molecule is CCN1CCN(CCNC(=NC)NCCC(C)N(C)Cc2ccccc2)CC1.I. The molecule has 0 aromatic heterocycles. The maximum Gasteiger partial charge on any atom is 0.191 e. The van der Waals surface area contributed by atoms with Gasteiger partial charge in [-0.25, -0.2) is 0 Å². The molecule has 7 heteroatoms. The van der Waals surface area contributed by atoms with E-state index < -0.39 is 0 Å². The summed E-state index contributed by atoms with van der Waals surface area (Å²) in [7, 11) is 4.04. The van der Waals surface area contributed by atoms with Crippen molar-refractivity contribution in [2.45, 2.75) is 32.9 Å². The van der Waals surface area contributed by atoms with Crippen LogP contribution in [-0.4, -0.2) is 93.2 Å². The number of likely N-dealkylation sites (N-methyl/N-ethyl adjacent to an activating group) is 1. The summed E-state index contributed by atoms with van der Waals surface area (Å²) >= 11 is 0. The lowest BCUT2D eigenvalue weighted by Crippen LogP contribution is -2.49. The number of rotatable bonds is 10. The molecule has 0 aliphatic carbocycles. The molecule has 0 radical (unpaired) electrons. The van der Waals surface area contributed by atoms with Crippen LogP contribution in [0.4, 0.5) is 0 Å². The quantitative estimate of drug-likeness (QED) is 0.284. The normalized spacial score (nSPS) is 17.1. The average molecular weight is 517 g/mol. The van der Waals surface area contributed by atoms with E-state index in [0.717, 1.165) is 38.6 Å². The highest BCUT2D eigenvalue weighted by molar-refractivity contribution is 14.0. The molecule has 166 valence electrons. The molecule has 6 nitrogen and oxygen atoms in total. The Morgan fingerprint density at radius 3 is 2.31 bits per heavy atom. The number of nitrogens with zero attached hydrogens (tertiary/aromatic N) is 4. The van der Waals surface area contributed by atoms with Crippen LogP contribution in [0.1, 0.15) is 25.8 Å². The number of piperazine rings is 1. The summed E-state index contributed by atoms with van der Waals surface area (Å²) in [6, 6.07) is 11.2. The topological polar surface area (TPSA) is 46.1 Å². The van der Waals surface area contributed by atoms with E-state index in [0.29, 0.717) is 6.04 Å². The van der Waals surface area contributed by atoms with E-state index in [2.05, 4.69) is 81.6 Å². The van der Waals surface area contributed by atoms with Crippen LogP contribution >= 0.6 is 24.0 Å². The van der Waals surface area contributed by atoms with Gasteiger partial charge in [-0.1, -0.05) is 37.3 Å². The molecule has 1 aliphatic rings. The summed E-state index contributed by atoms with van der Waals surface area (Å²) in [5.74, 6) is 0.908. The standard InChI is InChI=1S/C22H40N6.HI/c1-5-27-15-17-28(18-16-27)14-13-25-22(23-3)24-12-11-20(2)26(4)19-21-9-7-6-8-10-21;/h6-10,20H,5,11-19H2,1-4H3,(H2,23,24,25);1H. The Morgan fingerprint density at radius 1 is 1.07 bits per heavy atom. The number of guanidine groups is 1. The van der Waals surface area contributed by atoms with Crippen molar-refractivity contribution in [3.8, 4) is 0 Å². The van der Waals surface area contributed by atoms with Gasteiger partial charge in [0, 0.05) is 65.4 Å². The van der Waals surface area contributed by atoms with Gasteiger partial charge in [0.1, 0.15) is 0 Å². The summed E-state index contributed by atoms with van der Waals surface area (Å²) in [6.07, 6.45) is 1.09. The van der Waals surface area contributed by atoms with Gasteiger partial charge in [0.15, 0.2) is 5.96 Å². The zero-order chi connectivity index (χ0) is 20.2. The number of hydrogen-bond donors (Lipinski definition) is 2. The first-order valence-corrected chi connectivity index (χ1v) is 10.8. The van der Waals surface area contributed by atoms with Crippen LogP contribution in [0.5, 0.6) is 0 Å². The number of benzene rings is 1. The van der Waals surface area contributed by atoms with Gasteiger partial charge in [-0.15, -0.1) is 24.0 Å². The van der Waals surface area contributed by atoms with Gasteiger partial charge < -0.3 is 15.5 Å². The summed E-state index contributed by atoms with van der Waals surface area (Å²) in [5, 5.41) is 6.91. The van der Waals surface area contributed by atoms with E-state index in [1.807, 2.05) is 7.05 Å². The van der Waals surface area contributed by atoms with Gasteiger partial charge in [0.05, 0.1) is 0 Å². The molecule has 1 aromatic rings. The van der Waals surface area contributed by atoms with Crippen molar-refractivity contribution in [2.75, 3.05) is 66.5 Å². The molecule has 1 aromatic carbocycles. The van der Waals surface area contributed by atoms with E-state index in [1.165, 1.54) is 38.3 Å². The molecular weight excluding hydrogens is 475 g/mol. The molecule has 0 saturated carbocycles. The number of hydrogen-bond acceptors (Lipinski definition) is 4. The summed E-state index contributed by atoms with van der Waals surface area (Å²) < 4.78 is 0. The lowest BCUT2D eigenvalue weighted by molar-refractivity contribution is 0.139. The average Bonchev–Trinajstić information content (AvgIpc) is 2.73. The van der Waals surface area contributed by atoms with E-state index in [-0.39, 0.29) is 24.0 Å². The smallest absolute Gasteiger partial charge is 0.191 e. The Kier molecular flexibility index (Phi) is 13.5. The summed E-state index contributed by atoms with van der Waals surface area (Å²) in [4.78, 5) is 11.8. The van der Waals surface area contributed by atoms with E-state index >= 15 is 0 Å². The molecule has 1 atom stereocenters. The van der Waals surface area contributed by atoms with Crippen LogP contribution in [0.15, 0.2) is 35.3 Å². The van der Waals surface area contributed by atoms with Crippen molar-refractivity contribution < 1.29 is 0 Å². The number of halogens is 1. The molecule has 29 heavy (non-hydrogen) atoms. The summed E-state index contributed by atoms with van der Waals surface area (Å²) in [5.41, 5.74) is 1.36. The minimum absolute atomic E-state index is 0. The monoisotopic (exact) mass is 516 g/mol. The molecular formula is C22H41IN6. The van der Waals surface area contributed by atoms with Gasteiger partial charge in [-0.05, 0) is 32.5 Å². The van der Waals surface area contributed by atoms with E-state index in [9.17, 15) is 0 Å². The van der Waals surface area contributed by atoms with Crippen molar-refractivity contribution in [3.63, 3.8) is 0 Å². The third-order valence-electron chi connectivity index (χ3n) is 5.74. The van der Waals surface area contributed by atoms with Gasteiger partial charge >= 0.3 is 0 Å². The Hall–Kier alpha value is -0.900. The zero-order valence-corrected chi connectivity index (χ0v) is 21.1. The number of aliphatic imine (C=N–C) groups is 1.